The third kappa shape index (κ3) is 4.84. The molecule has 1 heterocycles. The minimum absolute atomic E-state index is 0.111. The Bertz CT molecular complexity index is 847. The van der Waals surface area contributed by atoms with Crippen LogP contribution in [0.4, 0.5) is 8.78 Å². The van der Waals surface area contributed by atoms with Crippen molar-refractivity contribution in [1.82, 2.24) is 0 Å². The minimum Gasteiger partial charge on any atom is -0.743 e. The van der Waals surface area contributed by atoms with E-state index in [1.165, 1.54) is 18.2 Å². The van der Waals surface area contributed by atoms with Crippen LogP contribution in [0.25, 0.3) is 0 Å². The number of alkyl halides is 2. The number of hydrogen-bond acceptors (Lipinski definition) is 8. The van der Waals surface area contributed by atoms with Gasteiger partial charge in [-0.1, -0.05) is 6.58 Å². The Morgan fingerprint density at radius 2 is 2.04 bits per heavy atom. The summed E-state index contributed by atoms with van der Waals surface area (Å²) in [5.74, 6) is -0.903. The lowest BCUT2D eigenvalue weighted by atomic mass is 10.1. The van der Waals surface area contributed by atoms with Crippen molar-refractivity contribution in [1.29, 1.82) is 0 Å². The van der Waals surface area contributed by atoms with Crippen LogP contribution in [-0.2, 0) is 30.9 Å². The van der Waals surface area contributed by atoms with Crippen molar-refractivity contribution >= 4 is 22.1 Å². The lowest BCUT2D eigenvalue weighted by Crippen LogP contribution is -2.34. The van der Waals surface area contributed by atoms with Crippen molar-refractivity contribution < 1.29 is 45.6 Å². The highest BCUT2D eigenvalue weighted by molar-refractivity contribution is 7.86. The van der Waals surface area contributed by atoms with E-state index >= 15 is 0 Å². The molecule has 1 aliphatic heterocycles. The molecule has 0 N–H and O–H groups in total. The summed E-state index contributed by atoms with van der Waals surface area (Å²) >= 11 is 0. The number of halogens is 2. The van der Waals surface area contributed by atoms with Gasteiger partial charge in [-0.2, -0.15) is 8.78 Å². The second-order valence-electron chi connectivity index (χ2n) is 5.32. The second-order valence-corrected chi connectivity index (χ2v) is 6.83. The van der Waals surface area contributed by atoms with Gasteiger partial charge in [0.25, 0.3) is 0 Å². The molecule has 1 aromatic carbocycles. The molecule has 0 unspecified atom stereocenters. The highest BCUT2D eigenvalue weighted by Gasteiger charge is 2.38. The van der Waals surface area contributed by atoms with E-state index in [1.54, 1.807) is 0 Å². The van der Waals surface area contributed by atoms with Gasteiger partial charge in [-0.05, 0) is 30.2 Å². The normalized spacial score (nSPS) is 14.3. The standard InChI is InChI=1S/C15H14F2O8S/c1-9(7-23-8-15(16,17)26(20,21)22)14(19)24-11-3-4-12-10(6-11)2-5-13(18)25-12/h3-4,6H,1-2,5,7-8H2,(H,20,21,22)/p-1. The van der Waals surface area contributed by atoms with Gasteiger partial charge in [-0.25, -0.2) is 13.2 Å². The summed E-state index contributed by atoms with van der Waals surface area (Å²) in [5, 5.41) is -4.62. The molecule has 0 fully saturated rings. The number of hydrogen-bond donors (Lipinski definition) is 0. The second kappa shape index (κ2) is 7.48. The fourth-order valence-corrected chi connectivity index (χ4v) is 2.16. The number of benzene rings is 1. The lowest BCUT2D eigenvalue weighted by molar-refractivity contribution is -0.135. The lowest BCUT2D eigenvalue weighted by Gasteiger charge is -2.19. The highest BCUT2D eigenvalue weighted by Crippen LogP contribution is 2.29. The molecule has 0 aliphatic carbocycles. The molecular weight excluding hydrogens is 378 g/mol. The molecule has 0 saturated heterocycles. The number of aryl methyl sites for hydroxylation is 1. The van der Waals surface area contributed by atoms with Crippen LogP contribution < -0.4 is 9.47 Å². The predicted octanol–water partition coefficient (Wildman–Crippen LogP) is 1.15. The van der Waals surface area contributed by atoms with Gasteiger partial charge in [0, 0.05) is 0 Å². The van der Waals surface area contributed by atoms with E-state index in [-0.39, 0.29) is 23.7 Å². The summed E-state index contributed by atoms with van der Waals surface area (Å²) in [5.41, 5.74) is 0.283. The molecule has 0 spiro atoms. The summed E-state index contributed by atoms with van der Waals surface area (Å²) in [4.78, 5) is 23.0. The van der Waals surface area contributed by atoms with Gasteiger partial charge in [0.2, 0.25) is 0 Å². The zero-order valence-corrected chi connectivity index (χ0v) is 14.0. The molecule has 26 heavy (non-hydrogen) atoms. The van der Waals surface area contributed by atoms with E-state index in [2.05, 4.69) is 11.3 Å². The Morgan fingerprint density at radius 3 is 2.69 bits per heavy atom. The third-order valence-corrected chi connectivity index (χ3v) is 4.11. The van der Waals surface area contributed by atoms with Crippen molar-refractivity contribution in [3.05, 3.63) is 35.9 Å². The first-order chi connectivity index (χ1) is 12.0. The van der Waals surface area contributed by atoms with Crippen LogP contribution in [0.5, 0.6) is 11.5 Å². The van der Waals surface area contributed by atoms with Crippen LogP contribution >= 0.6 is 0 Å². The monoisotopic (exact) mass is 391 g/mol. The summed E-state index contributed by atoms with van der Waals surface area (Å²) in [7, 11) is -5.87. The van der Waals surface area contributed by atoms with E-state index < -0.39 is 34.6 Å². The topological polar surface area (TPSA) is 119 Å². The SMILES string of the molecule is C=C(COCC(F)(F)S(=O)(=O)[O-])C(=O)Oc1ccc2c(c1)CCC(=O)O2. The average molecular weight is 391 g/mol. The van der Waals surface area contributed by atoms with E-state index in [4.69, 9.17) is 9.47 Å². The number of fused-ring (bicyclic) bond motifs is 1. The molecule has 2 rings (SSSR count). The Morgan fingerprint density at radius 1 is 1.35 bits per heavy atom. The van der Waals surface area contributed by atoms with E-state index in [0.29, 0.717) is 17.7 Å². The van der Waals surface area contributed by atoms with Crippen LogP contribution in [0.2, 0.25) is 0 Å². The maximum absolute atomic E-state index is 12.9. The predicted molar refractivity (Wildman–Crippen MR) is 80.6 cm³/mol. The molecule has 0 saturated carbocycles. The van der Waals surface area contributed by atoms with Gasteiger partial charge in [0.1, 0.15) is 18.1 Å². The molecule has 0 atom stereocenters. The van der Waals surface area contributed by atoms with Gasteiger partial charge in [0.05, 0.1) is 18.6 Å². The fraction of sp³-hybridized carbons (Fsp3) is 0.333. The zero-order chi connectivity index (χ0) is 19.5. The third-order valence-electron chi connectivity index (χ3n) is 3.27. The van der Waals surface area contributed by atoms with Gasteiger partial charge in [-0.3, -0.25) is 4.79 Å². The molecule has 142 valence electrons. The molecule has 0 amide bonds. The quantitative estimate of drug-likeness (QED) is 0.294. The Kier molecular flexibility index (Phi) is 5.74. The summed E-state index contributed by atoms with van der Waals surface area (Å²) < 4.78 is 71.1. The first kappa shape index (κ1) is 19.9. The van der Waals surface area contributed by atoms with E-state index in [0.717, 1.165) is 0 Å². The molecule has 0 aromatic heterocycles. The average Bonchev–Trinajstić information content (AvgIpc) is 2.53. The first-order valence-electron chi connectivity index (χ1n) is 7.14. The van der Waals surface area contributed by atoms with Gasteiger partial charge < -0.3 is 18.8 Å². The van der Waals surface area contributed by atoms with Gasteiger partial charge >= 0.3 is 17.2 Å². The smallest absolute Gasteiger partial charge is 0.357 e. The molecule has 0 radical (unpaired) electrons. The van der Waals surface area contributed by atoms with Crippen LogP contribution in [0.1, 0.15) is 12.0 Å². The first-order valence-corrected chi connectivity index (χ1v) is 8.55. The van der Waals surface area contributed by atoms with Crippen molar-refractivity contribution in [2.45, 2.75) is 18.1 Å². The Hall–Kier alpha value is -2.37. The molecule has 0 bridgehead atoms. The summed E-state index contributed by atoms with van der Waals surface area (Å²) in [6, 6.07) is 4.28. The van der Waals surface area contributed by atoms with Crippen molar-refractivity contribution in [3.63, 3.8) is 0 Å². The minimum atomic E-state index is -5.87. The van der Waals surface area contributed by atoms with Crippen LogP contribution in [0.15, 0.2) is 30.4 Å². The van der Waals surface area contributed by atoms with Crippen LogP contribution in [-0.4, -0.2) is 43.4 Å². The number of rotatable bonds is 7. The van der Waals surface area contributed by atoms with Crippen molar-refractivity contribution in [2.75, 3.05) is 13.2 Å². The number of esters is 2. The molecular formula is C15H13F2O8S-. The maximum Gasteiger partial charge on any atom is 0.357 e. The Balaban J connectivity index is 1.90. The molecule has 1 aliphatic rings. The largest absolute Gasteiger partial charge is 0.743 e. The zero-order valence-electron chi connectivity index (χ0n) is 13.2. The molecule has 1 aromatic rings. The molecule has 11 heteroatoms. The van der Waals surface area contributed by atoms with Crippen LogP contribution in [0, 0.1) is 0 Å². The van der Waals surface area contributed by atoms with E-state index in [1.807, 2.05) is 0 Å². The van der Waals surface area contributed by atoms with E-state index in [9.17, 15) is 31.3 Å². The van der Waals surface area contributed by atoms with Crippen molar-refractivity contribution in [2.24, 2.45) is 0 Å². The number of carbonyl (C=O) groups is 2. The van der Waals surface area contributed by atoms with Gasteiger partial charge in [-0.15, -0.1) is 0 Å². The number of ether oxygens (including phenoxy) is 3. The van der Waals surface area contributed by atoms with Crippen LogP contribution in [0.3, 0.4) is 0 Å². The molecule has 8 nitrogen and oxygen atoms in total. The summed E-state index contributed by atoms with van der Waals surface area (Å²) in [6.07, 6.45) is 0.587. The van der Waals surface area contributed by atoms with Gasteiger partial charge in [0.15, 0.2) is 10.1 Å². The fourth-order valence-electron chi connectivity index (χ4n) is 1.93. The Labute approximate surface area is 147 Å². The number of carbonyl (C=O) groups excluding carboxylic acids is 2. The highest BCUT2D eigenvalue weighted by atomic mass is 32.2. The van der Waals surface area contributed by atoms with Crippen molar-refractivity contribution in [3.8, 4) is 11.5 Å². The maximum atomic E-state index is 12.9. The summed E-state index contributed by atoms with van der Waals surface area (Å²) in [6.45, 7) is 0.818.